The molecule has 3 rings (SSSR count). The second-order valence-electron chi connectivity index (χ2n) is 5.97. The fourth-order valence-electron chi connectivity index (χ4n) is 2.89. The number of nitrogens with zero attached hydrogens (tertiary/aromatic N) is 2. The summed E-state index contributed by atoms with van der Waals surface area (Å²) in [7, 11) is 0. The van der Waals surface area contributed by atoms with Gasteiger partial charge >= 0.3 is 6.18 Å². The summed E-state index contributed by atoms with van der Waals surface area (Å²) in [5.74, 6) is -1.16. The van der Waals surface area contributed by atoms with Crippen LogP contribution < -0.4 is 5.43 Å². The van der Waals surface area contributed by atoms with Crippen molar-refractivity contribution in [3.63, 3.8) is 0 Å². The van der Waals surface area contributed by atoms with Crippen molar-refractivity contribution in [1.29, 1.82) is 0 Å². The van der Waals surface area contributed by atoms with E-state index in [0.29, 0.717) is 5.56 Å². The number of pyridine rings is 1. The molecule has 0 saturated heterocycles. The Hall–Kier alpha value is -3.16. The Morgan fingerprint density at radius 3 is 2.30 bits per heavy atom. The number of nitrogens with one attached hydrogen (secondary N) is 1. The van der Waals surface area contributed by atoms with Crippen molar-refractivity contribution >= 4 is 23.2 Å². The maximum Gasteiger partial charge on any atom is 0.418 e. The Morgan fingerprint density at radius 2 is 1.70 bits per heavy atom. The average Bonchev–Trinajstić information content (AvgIpc) is 2.85. The van der Waals surface area contributed by atoms with Gasteiger partial charge in [0.2, 0.25) is 0 Å². The minimum absolute atomic E-state index is 0.0105. The molecule has 2 aromatic rings. The Labute approximate surface area is 153 Å². The summed E-state index contributed by atoms with van der Waals surface area (Å²) in [5.41, 5.74) is 2.62. The number of anilines is 1. The van der Waals surface area contributed by atoms with Gasteiger partial charge in [0.15, 0.2) is 0 Å². The van der Waals surface area contributed by atoms with Crippen LogP contribution in [0.1, 0.15) is 30.7 Å². The molecule has 140 valence electrons. The third-order valence-corrected chi connectivity index (χ3v) is 4.22. The molecule has 1 N–H and O–H groups in total. The van der Waals surface area contributed by atoms with Crippen LogP contribution in [0.5, 0.6) is 0 Å². The number of halogens is 3. The van der Waals surface area contributed by atoms with Crippen molar-refractivity contribution in [3.05, 3.63) is 64.9 Å². The second-order valence-corrected chi connectivity index (χ2v) is 5.97. The van der Waals surface area contributed by atoms with E-state index in [1.807, 2.05) is 0 Å². The second kappa shape index (κ2) is 6.86. The summed E-state index contributed by atoms with van der Waals surface area (Å²) >= 11 is 0. The van der Waals surface area contributed by atoms with Crippen molar-refractivity contribution in [2.24, 2.45) is 0 Å². The molecule has 0 bridgehead atoms. The molecule has 1 aromatic carbocycles. The van der Waals surface area contributed by atoms with Gasteiger partial charge < -0.3 is 0 Å². The lowest BCUT2D eigenvalue weighted by atomic mass is 10.0. The number of hydrazine groups is 1. The third-order valence-electron chi connectivity index (χ3n) is 4.22. The minimum Gasteiger partial charge on any atom is -0.271 e. The van der Waals surface area contributed by atoms with Crippen LogP contribution in [0, 0.1) is 0 Å². The normalized spacial score (nSPS) is 14.9. The number of alkyl halides is 3. The molecule has 8 heteroatoms. The number of aryl methyl sites for hydroxylation is 1. The zero-order valence-electron chi connectivity index (χ0n) is 14.6. The predicted molar refractivity (Wildman–Crippen MR) is 93.1 cm³/mol. The molecule has 1 aromatic heterocycles. The number of hydrogen-bond donors (Lipinski definition) is 1. The highest BCUT2D eigenvalue weighted by Gasteiger charge is 2.38. The van der Waals surface area contributed by atoms with E-state index in [-0.39, 0.29) is 29.1 Å². The topological polar surface area (TPSA) is 62.3 Å². The molecule has 1 aliphatic rings. The fraction of sp³-hybridized carbons (Fsp3) is 0.211. The maximum atomic E-state index is 13.0. The molecule has 2 amide bonds. The highest BCUT2D eigenvalue weighted by atomic mass is 19.4. The van der Waals surface area contributed by atoms with Gasteiger partial charge in [-0.1, -0.05) is 37.3 Å². The van der Waals surface area contributed by atoms with E-state index in [1.165, 1.54) is 6.92 Å². The smallest absolute Gasteiger partial charge is 0.271 e. The third kappa shape index (κ3) is 3.42. The number of carbonyl (C=O) groups is 2. The number of aromatic nitrogens is 1. The van der Waals surface area contributed by atoms with Gasteiger partial charge in [-0.3, -0.25) is 15.0 Å². The lowest BCUT2D eigenvalue weighted by Gasteiger charge is -2.18. The molecule has 0 spiro atoms. The van der Waals surface area contributed by atoms with Gasteiger partial charge in [0.1, 0.15) is 5.82 Å². The first-order valence-corrected chi connectivity index (χ1v) is 8.23. The number of benzene rings is 1. The van der Waals surface area contributed by atoms with E-state index >= 15 is 0 Å². The lowest BCUT2D eigenvalue weighted by molar-refractivity contribution is -0.139. The van der Waals surface area contributed by atoms with Crippen LogP contribution in [0.2, 0.25) is 0 Å². The van der Waals surface area contributed by atoms with E-state index in [0.717, 1.165) is 17.1 Å². The van der Waals surface area contributed by atoms with Gasteiger partial charge in [-0.05, 0) is 31.0 Å². The molecule has 0 radical (unpaired) electrons. The highest BCUT2D eigenvalue weighted by Crippen LogP contribution is 2.33. The van der Waals surface area contributed by atoms with E-state index in [4.69, 9.17) is 0 Å². The van der Waals surface area contributed by atoms with Crippen LogP contribution in [0.25, 0.3) is 5.57 Å². The molecule has 5 nitrogen and oxygen atoms in total. The standard InChI is InChI=1S/C19H16F3N3O2/c1-3-14-13(19(20,21)22)9-10-15(23-14)24-25-17(26)11(2)16(18(25)27)12-7-5-4-6-8-12/h4-10H,3H2,1-2H3,(H,23,24). The van der Waals surface area contributed by atoms with Gasteiger partial charge in [-0.25, -0.2) is 4.98 Å². The van der Waals surface area contributed by atoms with Crippen LogP contribution >= 0.6 is 0 Å². The molecular weight excluding hydrogens is 359 g/mol. The van der Waals surface area contributed by atoms with E-state index in [9.17, 15) is 22.8 Å². The van der Waals surface area contributed by atoms with Crippen LogP contribution in [0.4, 0.5) is 19.0 Å². The average molecular weight is 375 g/mol. The van der Waals surface area contributed by atoms with Crippen molar-refractivity contribution in [3.8, 4) is 0 Å². The van der Waals surface area contributed by atoms with Crippen LogP contribution in [-0.2, 0) is 22.2 Å². The molecule has 0 unspecified atom stereocenters. The first kappa shape index (κ1) is 18.6. The number of amides is 2. The number of imide groups is 1. The maximum absolute atomic E-state index is 13.0. The summed E-state index contributed by atoms with van der Waals surface area (Å²) < 4.78 is 39.0. The van der Waals surface area contributed by atoms with Crippen LogP contribution in [-0.4, -0.2) is 21.8 Å². The summed E-state index contributed by atoms with van der Waals surface area (Å²) in [6.07, 6.45) is -4.46. The zero-order valence-corrected chi connectivity index (χ0v) is 14.6. The van der Waals surface area contributed by atoms with Crippen LogP contribution in [0.15, 0.2) is 48.0 Å². The zero-order chi connectivity index (χ0) is 19.8. The van der Waals surface area contributed by atoms with Gasteiger partial charge in [0.05, 0.1) is 16.8 Å². The lowest BCUT2D eigenvalue weighted by Crippen LogP contribution is -2.37. The Balaban J connectivity index is 1.90. The SMILES string of the molecule is CCc1nc(NN2C(=O)C(C)=C(c3ccccc3)C2=O)ccc1C(F)(F)F. The highest BCUT2D eigenvalue weighted by molar-refractivity contribution is 6.35. The molecule has 0 saturated carbocycles. The predicted octanol–water partition coefficient (Wildman–Crippen LogP) is 3.83. The molecule has 2 heterocycles. The molecule has 1 aliphatic heterocycles. The van der Waals surface area contributed by atoms with E-state index < -0.39 is 23.6 Å². The monoisotopic (exact) mass is 375 g/mol. The summed E-state index contributed by atoms with van der Waals surface area (Å²) in [5, 5.41) is 0.771. The van der Waals surface area contributed by atoms with Gasteiger partial charge in [0, 0.05) is 5.57 Å². The number of carbonyl (C=O) groups excluding carboxylic acids is 2. The first-order chi connectivity index (χ1) is 12.7. The minimum atomic E-state index is -4.52. The summed E-state index contributed by atoms with van der Waals surface area (Å²) in [6, 6.07) is 10.7. The van der Waals surface area contributed by atoms with Gasteiger partial charge in [0.25, 0.3) is 11.8 Å². The Morgan fingerprint density at radius 1 is 1.04 bits per heavy atom. The van der Waals surface area contributed by atoms with Gasteiger partial charge in [-0.15, -0.1) is 0 Å². The number of rotatable bonds is 4. The first-order valence-electron chi connectivity index (χ1n) is 8.23. The van der Waals surface area contributed by atoms with E-state index in [1.54, 1.807) is 37.3 Å². The van der Waals surface area contributed by atoms with Crippen molar-refractivity contribution < 1.29 is 22.8 Å². The summed E-state index contributed by atoms with van der Waals surface area (Å²) in [6.45, 7) is 3.08. The molecular formula is C19H16F3N3O2. The Bertz CT molecular complexity index is 937. The van der Waals surface area contributed by atoms with Gasteiger partial charge in [-0.2, -0.15) is 18.2 Å². The fourth-order valence-corrected chi connectivity index (χ4v) is 2.89. The van der Waals surface area contributed by atoms with Crippen molar-refractivity contribution in [2.45, 2.75) is 26.4 Å². The largest absolute Gasteiger partial charge is 0.418 e. The molecule has 0 aliphatic carbocycles. The number of hydrogen-bond acceptors (Lipinski definition) is 4. The van der Waals surface area contributed by atoms with Crippen LogP contribution in [0.3, 0.4) is 0 Å². The van der Waals surface area contributed by atoms with Crippen molar-refractivity contribution in [2.75, 3.05) is 5.43 Å². The summed E-state index contributed by atoms with van der Waals surface area (Å²) in [4.78, 5) is 29.1. The molecule has 0 fully saturated rings. The van der Waals surface area contributed by atoms with E-state index in [2.05, 4.69) is 10.4 Å². The van der Waals surface area contributed by atoms with Crippen molar-refractivity contribution in [1.82, 2.24) is 9.99 Å². The molecule has 27 heavy (non-hydrogen) atoms. The Kier molecular flexibility index (Phi) is 4.73. The quantitative estimate of drug-likeness (QED) is 0.825. The molecule has 0 atom stereocenters.